The van der Waals surface area contributed by atoms with E-state index in [1.807, 2.05) is 14.1 Å². The molecule has 0 aromatic heterocycles. The fourth-order valence-corrected chi connectivity index (χ4v) is 2.76. The van der Waals surface area contributed by atoms with E-state index in [9.17, 15) is 23.3 Å². The zero-order valence-corrected chi connectivity index (χ0v) is 12.4. The van der Waals surface area contributed by atoms with Gasteiger partial charge in [-0.15, -0.1) is 0 Å². The molecule has 0 unspecified atom stereocenters. The van der Waals surface area contributed by atoms with Gasteiger partial charge in [0.2, 0.25) is 0 Å². The zero-order valence-electron chi connectivity index (χ0n) is 12.4. The molecule has 1 fully saturated rings. The van der Waals surface area contributed by atoms with Crippen molar-refractivity contribution in [2.75, 3.05) is 32.1 Å². The molecule has 1 aliphatic rings. The molecule has 1 saturated heterocycles. The van der Waals surface area contributed by atoms with Crippen molar-refractivity contribution >= 4 is 11.4 Å². The van der Waals surface area contributed by atoms with Crippen LogP contribution in [0.2, 0.25) is 0 Å². The van der Waals surface area contributed by atoms with Crippen LogP contribution in [0.4, 0.5) is 24.5 Å². The molecule has 5 nitrogen and oxygen atoms in total. The Hall–Kier alpha value is -1.83. The van der Waals surface area contributed by atoms with E-state index in [0.717, 1.165) is 18.9 Å². The largest absolute Gasteiger partial charge is 0.418 e. The van der Waals surface area contributed by atoms with Gasteiger partial charge < -0.3 is 9.80 Å². The molecule has 0 spiro atoms. The van der Waals surface area contributed by atoms with Gasteiger partial charge in [-0.25, -0.2) is 0 Å². The maximum Gasteiger partial charge on any atom is 0.418 e. The maximum absolute atomic E-state index is 13.2. The van der Waals surface area contributed by atoms with Gasteiger partial charge in [0.25, 0.3) is 5.69 Å². The topological polar surface area (TPSA) is 49.6 Å². The molecule has 8 heteroatoms. The highest BCUT2D eigenvalue weighted by Gasteiger charge is 2.37. The Morgan fingerprint density at radius 1 is 1.27 bits per heavy atom. The second kappa shape index (κ2) is 6.12. The monoisotopic (exact) mass is 317 g/mol. The number of nitro benzene ring substituents is 1. The quantitative estimate of drug-likeness (QED) is 0.635. The number of hydrogen-bond acceptors (Lipinski definition) is 4. The third-order valence-corrected chi connectivity index (χ3v) is 4.03. The third kappa shape index (κ3) is 3.49. The Morgan fingerprint density at radius 2 is 1.86 bits per heavy atom. The SMILES string of the molecule is CN(C)C1CCN(c2ccc([N+](=O)[O-])cc2C(F)(F)F)CC1. The summed E-state index contributed by atoms with van der Waals surface area (Å²) < 4.78 is 39.6. The molecule has 0 N–H and O–H groups in total. The van der Waals surface area contributed by atoms with E-state index in [0.29, 0.717) is 25.2 Å². The van der Waals surface area contributed by atoms with Crippen LogP contribution in [0.3, 0.4) is 0 Å². The van der Waals surface area contributed by atoms with E-state index in [1.54, 1.807) is 4.90 Å². The predicted octanol–water partition coefficient (Wildman–Crippen LogP) is 3.14. The van der Waals surface area contributed by atoms with Crippen LogP contribution in [0.15, 0.2) is 18.2 Å². The normalized spacial score (nSPS) is 17.1. The second-order valence-electron chi connectivity index (χ2n) is 5.64. The first-order valence-electron chi connectivity index (χ1n) is 6.97. The Kier molecular flexibility index (Phi) is 4.60. The molecule has 1 aromatic carbocycles. The van der Waals surface area contributed by atoms with Crippen LogP contribution < -0.4 is 4.90 Å². The molecule has 0 radical (unpaired) electrons. The minimum Gasteiger partial charge on any atom is -0.371 e. The Morgan fingerprint density at radius 3 is 2.32 bits per heavy atom. The van der Waals surface area contributed by atoms with Gasteiger partial charge >= 0.3 is 6.18 Å². The van der Waals surface area contributed by atoms with Gasteiger partial charge in [0.1, 0.15) is 0 Å². The number of nitro groups is 1. The Labute approximate surface area is 126 Å². The summed E-state index contributed by atoms with van der Waals surface area (Å²) in [4.78, 5) is 13.6. The molecule has 22 heavy (non-hydrogen) atoms. The molecule has 1 aliphatic heterocycles. The number of rotatable bonds is 3. The number of anilines is 1. The molecule has 1 heterocycles. The molecular weight excluding hydrogens is 299 g/mol. The van der Waals surface area contributed by atoms with Crippen LogP contribution in [0, 0.1) is 10.1 Å². The summed E-state index contributed by atoms with van der Waals surface area (Å²) in [5.74, 6) is 0. The summed E-state index contributed by atoms with van der Waals surface area (Å²) in [5, 5.41) is 10.7. The molecule has 1 aromatic rings. The number of non-ortho nitro benzene ring substituents is 1. The highest BCUT2D eigenvalue weighted by molar-refractivity contribution is 5.59. The maximum atomic E-state index is 13.2. The molecular formula is C14H18F3N3O2. The van der Waals surface area contributed by atoms with Crippen molar-refractivity contribution in [1.82, 2.24) is 4.90 Å². The third-order valence-electron chi connectivity index (χ3n) is 4.03. The molecule has 0 amide bonds. The lowest BCUT2D eigenvalue weighted by Gasteiger charge is -2.37. The molecule has 0 aliphatic carbocycles. The Bertz CT molecular complexity index is 553. The van der Waals surface area contributed by atoms with Gasteiger partial charge in [0, 0.05) is 37.0 Å². The van der Waals surface area contributed by atoms with E-state index in [4.69, 9.17) is 0 Å². The minimum absolute atomic E-state index is 0.0234. The van der Waals surface area contributed by atoms with Crippen LogP contribution in [0.25, 0.3) is 0 Å². The number of hydrogen-bond donors (Lipinski definition) is 0. The lowest BCUT2D eigenvalue weighted by atomic mass is 10.0. The molecule has 0 saturated carbocycles. The van der Waals surface area contributed by atoms with E-state index in [-0.39, 0.29) is 5.69 Å². The van der Waals surface area contributed by atoms with Crippen molar-refractivity contribution in [3.05, 3.63) is 33.9 Å². The molecule has 0 atom stereocenters. The number of halogens is 3. The number of benzene rings is 1. The van der Waals surface area contributed by atoms with Crippen molar-refractivity contribution in [1.29, 1.82) is 0 Å². The average Bonchev–Trinajstić information content (AvgIpc) is 2.45. The zero-order chi connectivity index (χ0) is 16.5. The van der Waals surface area contributed by atoms with Crippen LogP contribution in [-0.2, 0) is 6.18 Å². The van der Waals surface area contributed by atoms with Gasteiger partial charge in [0.05, 0.1) is 10.5 Å². The molecule has 0 bridgehead atoms. The van der Waals surface area contributed by atoms with Gasteiger partial charge in [-0.2, -0.15) is 13.2 Å². The summed E-state index contributed by atoms with van der Waals surface area (Å²) in [6.45, 7) is 1.01. The van der Waals surface area contributed by atoms with Crippen molar-refractivity contribution in [2.24, 2.45) is 0 Å². The predicted molar refractivity (Wildman–Crippen MR) is 77.0 cm³/mol. The number of piperidine rings is 1. The highest BCUT2D eigenvalue weighted by atomic mass is 19.4. The first kappa shape index (κ1) is 16.5. The second-order valence-corrected chi connectivity index (χ2v) is 5.64. The Balaban J connectivity index is 2.29. The first-order chi connectivity index (χ1) is 10.2. The average molecular weight is 317 g/mol. The van der Waals surface area contributed by atoms with E-state index < -0.39 is 22.4 Å². The lowest BCUT2D eigenvalue weighted by Crippen LogP contribution is -2.42. The fraction of sp³-hybridized carbons (Fsp3) is 0.571. The smallest absolute Gasteiger partial charge is 0.371 e. The summed E-state index contributed by atoms with van der Waals surface area (Å²) in [5.41, 5.74) is -1.46. The van der Waals surface area contributed by atoms with Gasteiger partial charge in [-0.05, 0) is 33.0 Å². The standard InChI is InChI=1S/C14H18F3N3O2/c1-18(2)10-5-7-19(8-6-10)13-4-3-11(20(21)22)9-12(13)14(15,16)17/h3-4,9-10H,5-8H2,1-2H3. The summed E-state index contributed by atoms with van der Waals surface area (Å²) in [7, 11) is 3.90. The number of alkyl halides is 3. The lowest BCUT2D eigenvalue weighted by molar-refractivity contribution is -0.385. The van der Waals surface area contributed by atoms with Crippen molar-refractivity contribution in [3.8, 4) is 0 Å². The van der Waals surface area contributed by atoms with Crippen LogP contribution >= 0.6 is 0 Å². The summed E-state index contributed by atoms with van der Waals surface area (Å²) in [6.07, 6.45) is -3.08. The number of nitrogens with zero attached hydrogens (tertiary/aromatic N) is 3. The van der Waals surface area contributed by atoms with Crippen molar-refractivity contribution < 1.29 is 18.1 Å². The van der Waals surface area contributed by atoms with Crippen molar-refractivity contribution in [2.45, 2.75) is 25.1 Å². The molecule has 122 valence electrons. The van der Waals surface area contributed by atoms with E-state index >= 15 is 0 Å². The minimum atomic E-state index is -4.61. The fourth-order valence-electron chi connectivity index (χ4n) is 2.76. The highest BCUT2D eigenvalue weighted by Crippen LogP contribution is 2.39. The van der Waals surface area contributed by atoms with Crippen molar-refractivity contribution in [3.63, 3.8) is 0 Å². The summed E-state index contributed by atoms with van der Waals surface area (Å²) >= 11 is 0. The van der Waals surface area contributed by atoms with Crippen LogP contribution in [0.1, 0.15) is 18.4 Å². The molecule has 2 rings (SSSR count). The van der Waals surface area contributed by atoms with Gasteiger partial charge in [0.15, 0.2) is 0 Å². The summed E-state index contributed by atoms with van der Waals surface area (Å²) in [6, 6.07) is 3.30. The van der Waals surface area contributed by atoms with E-state index in [2.05, 4.69) is 4.90 Å². The first-order valence-corrected chi connectivity index (χ1v) is 6.97. The van der Waals surface area contributed by atoms with Gasteiger partial charge in [-0.3, -0.25) is 10.1 Å². The van der Waals surface area contributed by atoms with Gasteiger partial charge in [-0.1, -0.05) is 0 Å². The van der Waals surface area contributed by atoms with E-state index in [1.165, 1.54) is 6.07 Å². The van der Waals surface area contributed by atoms with Crippen LogP contribution in [0.5, 0.6) is 0 Å². The van der Waals surface area contributed by atoms with Crippen LogP contribution in [-0.4, -0.2) is 43.0 Å².